The first-order valence-electron chi connectivity index (χ1n) is 26.4. The van der Waals surface area contributed by atoms with Gasteiger partial charge in [-0.25, -0.2) is 4.57 Å². The minimum atomic E-state index is -4.73. The molecular weight excluding hydrogens is 830 g/mol. The first kappa shape index (κ1) is 62.0. The van der Waals surface area contributed by atoms with Crippen molar-refractivity contribution in [3.63, 3.8) is 0 Å². The number of esters is 2. The molecule has 64 heavy (non-hydrogen) atoms. The van der Waals surface area contributed by atoms with Crippen molar-refractivity contribution in [1.29, 1.82) is 0 Å². The van der Waals surface area contributed by atoms with E-state index in [2.05, 4.69) is 42.7 Å². The number of phosphoric acid groups is 1. The first-order chi connectivity index (χ1) is 31.1. The molecular formula is C52H98NO10P. The van der Waals surface area contributed by atoms with Gasteiger partial charge in [0.1, 0.15) is 12.6 Å². The normalized spacial score (nSPS) is 13.7. The van der Waals surface area contributed by atoms with E-state index in [9.17, 15) is 23.8 Å². The Labute approximate surface area is 391 Å². The number of carbonyl (C=O) groups is 3. The van der Waals surface area contributed by atoms with E-state index in [4.69, 9.17) is 24.8 Å². The number of phosphoric ester groups is 1. The number of hydrogen-bond acceptors (Lipinski definition) is 9. The molecule has 0 aliphatic heterocycles. The van der Waals surface area contributed by atoms with Crippen LogP contribution < -0.4 is 5.73 Å². The zero-order chi connectivity index (χ0) is 47.0. The van der Waals surface area contributed by atoms with Crippen LogP contribution in [0.3, 0.4) is 0 Å². The van der Waals surface area contributed by atoms with E-state index in [1.54, 1.807) is 0 Å². The molecule has 0 saturated heterocycles. The van der Waals surface area contributed by atoms with Gasteiger partial charge in [0.2, 0.25) is 0 Å². The third kappa shape index (κ3) is 46.5. The number of hydrogen-bond donors (Lipinski definition) is 3. The molecule has 376 valence electrons. The summed E-state index contributed by atoms with van der Waals surface area (Å²) in [6.45, 7) is 2.81. The van der Waals surface area contributed by atoms with Crippen molar-refractivity contribution in [2.45, 2.75) is 270 Å². The van der Waals surface area contributed by atoms with Gasteiger partial charge in [0.15, 0.2) is 6.10 Å². The van der Waals surface area contributed by atoms with Crippen LogP contribution >= 0.6 is 7.82 Å². The quantitative estimate of drug-likeness (QED) is 0.0229. The maximum Gasteiger partial charge on any atom is 0.472 e. The number of rotatable bonds is 50. The van der Waals surface area contributed by atoms with Gasteiger partial charge < -0.3 is 25.2 Å². The van der Waals surface area contributed by atoms with Crippen LogP contribution in [0, 0.1) is 0 Å². The molecule has 0 aliphatic carbocycles. The van der Waals surface area contributed by atoms with Gasteiger partial charge in [0, 0.05) is 12.8 Å². The summed E-state index contributed by atoms with van der Waals surface area (Å²) in [5, 5.41) is 8.92. The summed E-state index contributed by atoms with van der Waals surface area (Å²) in [5.41, 5.74) is 5.35. The topological polar surface area (TPSA) is 172 Å². The Morgan fingerprint density at radius 1 is 0.469 bits per heavy atom. The highest BCUT2D eigenvalue weighted by molar-refractivity contribution is 7.47. The number of ether oxygens (including phenoxy) is 2. The van der Waals surface area contributed by atoms with Gasteiger partial charge in [-0.2, -0.15) is 0 Å². The minimum Gasteiger partial charge on any atom is -0.480 e. The van der Waals surface area contributed by atoms with Crippen molar-refractivity contribution in [3.8, 4) is 0 Å². The lowest BCUT2D eigenvalue weighted by Crippen LogP contribution is -2.34. The second kappa shape index (κ2) is 47.5. The average Bonchev–Trinajstić information content (AvgIpc) is 3.27. The predicted octanol–water partition coefficient (Wildman–Crippen LogP) is 15.0. The van der Waals surface area contributed by atoms with Gasteiger partial charge in [-0.05, 0) is 57.8 Å². The summed E-state index contributed by atoms with van der Waals surface area (Å²) >= 11 is 0. The summed E-state index contributed by atoms with van der Waals surface area (Å²) in [4.78, 5) is 46.2. The highest BCUT2D eigenvalue weighted by Crippen LogP contribution is 2.43. The SMILES string of the molecule is CCCCCC/C=C/CCCCCCCCCCCC(=O)OC[C@@H](COP(=O)(O)OC[C@H](N)C(=O)O)OC(=O)CCC/C=C/CCCCCCCCCCCCCCCCCCCC. The molecule has 0 saturated carbocycles. The maximum atomic E-state index is 12.7. The molecule has 0 radical (unpaired) electrons. The number of aliphatic carboxylic acids is 1. The van der Waals surface area contributed by atoms with E-state index in [0.29, 0.717) is 19.3 Å². The van der Waals surface area contributed by atoms with Crippen LogP contribution in [0.5, 0.6) is 0 Å². The van der Waals surface area contributed by atoms with Crippen LogP contribution in [0.15, 0.2) is 24.3 Å². The molecule has 0 bridgehead atoms. The fourth-order valence-corrected chi connectivity index (χ4v) is 8.32. The summed E-state index contributed by atoms with van der Waals surface area (Å²) in [6.07, 6.45) is 52.6. The van der Waals surface area contributed by atoms with E-state index in [-0.39, 0.29) is 19.4 Å². The van der Waals surface area contributed by atoms with E-state index >= 15 is 0 Å². The van der Waals surface area contributed by atoms with Crippen LogP contribution in [0.25, 0.3) is 0 Å². The van der Waals surface area contributed by atoms with Crippen molar-refractivity contribution in [2.75, 3.05) is 19.8 Å². The van der Waals surface area contributed by atoms with Crippen LogP contribution in [0.1, 0.15) is 258 Å². The summed E-state index contributed by atoms with van der Waals surface area (Å²) in [7, 11) is -4.73. The summed E-state index contributed by atoms with van der Waals surface area (Å²) < 4.78 is 32.8. The van der Waals surface area contributed by atoms with Crippen molar-refractivity contribution in [2.24, 2.45) is 5.73 Å². The Hall–Kier alpha value is -2.04. The fraction of sp³-hybridized carbons (Fsp3) is 0.865. The number of allylic oxidation sites excluding steroid dienone is 4. The third-order valence-corrected chi connectivity index (χ3v) is 12.6. The lowest BCUT2D eigenvalue weighted by molar-refractivity contribution is -0.161. The van der Waals surface area contributed by atoms with Gasteiger partial charge in [0.05, 0.1) is 13.2 Å². The molecule has 0 aromatic rings. The first-order valence-corrected chi connectivity index (χ1v) is 27.9. The van der Waals surface area contributed by atoms with Crippen molar-refractivity contribution >= 4 is 25.7 Å². The fourth-order valence-electron chi connectivity index (χ4n) is 7.54. The largest absolute Gasteiger partial charge is 0.480 e. The van der Waals surface area contributed by atoms with Gasteiger partial charge in [-0.1, -0.05) is 212 Å². The minimum absolute atomic E-state index is 0.116. The molecule has 0 fully saturated rings. The van der Waals surface area contributed by atoms with Gasteiger partial charge >= 0.3 is 25.7 Å². The van der Waals surface area contributed by atoms with Gasteiger partial charge in [-0.15, -0.1) is 0 Å². The zero-order valence-corrected chi connectivity index (χ0v) is 42.0. The number of carboxylic acid groups (broad SMARTS) is 1. The van der Waals surface area contributed by atoms with E-state index in [1.807, 2.05) is 0 Å². The summed E-state index contributed by atoms with van der Waals surface area (Å²) in [6, 6.07) is -1.52. The Morgan fingerprint density at radius 2 is 0.797 bits per heavy atom. The molecule has 0 amide bonds. The van der Waals surface area contributed by atoms with Gasteiger partial charge in [0.25, 0.3) is 0 Å². The number of carbonyl (C=O) groups excluding carboxylic acids is 2. The molecule has 4 N–H and O–H groups in total. The number of nitrogens with two attached hydrogens (primary N) is 1. The monoisotopic (exact) mass is 928 g/mol. The molecule has 0 aromatic carbocycles. The van der Waals surface area contributed by atoms with E-state index < -0.39 is 51.1 Å². The van der Waals surface area contributed by atoms with E-state index in [1.165, 1.54) is 180 Å². The summed E-state index contributed by atoms with van der Waals surface area (Å²) in [5.74, 6) is -2.41. The molecule has 3 atom stereocenters. The van der Waals surface area contributed by atoms with Crippen molar-refractivity contribution in [3.05, 3.63) is 24.3 Å². The molecule has 0 aromatic heterocycles. The number of unbranched alkanes of at least 4 members (excludes halogenated alkanes) is 32. The van der Waals surface area contributed by atoms with Crippen LogP contribution in [0.4, 0.5) is 0 Å². The second-order valence-electron chi connectivity index (χ2n) is 18.0. The molecule has 1 unspecified atom stereocenters. The van der Waals surface area contributed by atoms with E-state index in [0.717, 1.165) is 32.1 Å². The molecule has 0 heterocycles. The van der Waals surface area contributed by atoms with Crippen molar-refractivity contribution in [1.82, 2.24) is 0 Å². The molecule has 0 spiro atoms. The maximum absolute atomic E-state index is 12.7. The Bertz CT molecular complexity index is 1180. The van der Waals surface area contributed by atoms with Crippen LogP contribution in [-0.4, -0.2) is 59.9 Å². The standard InChI is InChI=1S/C52H98NO10P/c1-3-5-7-9-11-13-15-17-19-21-22-23-24-25-26-28-30-32-34-36-38-40-42-44-51(55)63-48(46-61-64(58,59)62-47-49(53)52(56)57)45-60-50(54)43-41-39-37-35-33-31-29-27-20-18-16-14-12-10-8-6-4-2/h14,16,36,38,48-49H,3-13,15,17-35,37,39-47,53H2,1-2H3,(H,56,57)(H,58,59)/b16-14+,38-36+/t48-,49-/m0/s1. The van der Waals surface area contributed by atoms with Crippen LogP contribution in [0.2, 0.25) is 0 Å². The van der Waals surface area contributed by atoms with Crippen molar-refractivity contribution < 1.29 is 47.5 Å². The highest BCUT2D eigenvalue weighted by Gasteiger charge is 2.28. The molecule has 12 heteroatoms. The lowest BCUT2D eigenvalue weighted by atomic mass is 10.0. The third-order valence-electron chi connectivity index (χ3n) is 11.7. The average molecular weight is 928 g/mol. The Kier molecular flexibility index (Phi) is 45.9. The zero-order valence-electron chi connectivity index (χ0n) is 41.1. The molecule has 0 rings (SSSR count). The Morgan fingerprint density at radius 3 is 1.20 bits per heavy atom. The Balaban J connectivity index is 4.22. The second-order valence-corrected chi connectivity index (χ2v) is 19.5. The molecule has 11 nitrogen and oxygen atoms in total. The van der Waals surface area contributed by atoms with Gasteiger partial charge in [-0.3, -0.25) is 23.4 Å². The van der Waals surface area contributed by atoms with Crippen LogP contribution in [-0.2, 0) is 37.5 Å². The highest BCUT2D eigenvalue weighted by atomic mass is 31.2. The smallest absolute Gasteiger partial charge is 0.472 e. The molecule has 0 aliphatic rings. The predicted molar refractivity (Wildman–Crippen MR) is 263 cm³/mol. The lowest BCUT2D eigenvalue weighted by Gasteiger charge is -2.20. The number of carboxylic acids is 1.